The number of hydrogen-bond donors (Lipinski definition) is 4. The van der Waals surface area contributed by atoms with E-state index in [1.165, 1.54) is 6.07 Å². The molecule has 0 spiro atoms. The molecule has 1 amide bonds. The maximum Gasteiger partial charge on any atom is 0.262 e. The summed E-state index contributed by atoms with van der Waals surface area (Å²) in [6.45, 7) is 3.78. The molecule has 150 valence electrons. The molecule has 4 N–H and O–H groups in total. The van der Waals surface area contributed by atoms with E-state index in [4.69, 9.17) is 9.47 Å². The van der Waals surface area contributed by atoms with Crippen LogP contribution < -0.4 is 20.1 Å². The zero-order valence-corrected chi connectivity index (χ0v) is 16.3. The third-order valence-electron chi connectivity index (χ3n) is 4.65. The molecule has 0 saturated carbocycles. The van der Waals surface area contributed by atoms with Crippen molar-refractivity contribution in [1.29, 1.82) is 0 Å². The summed E-state index contributed by atoms with van der Waals surface area (Å²) in [5.74, 6) is 0.975. The van der Waals surface area contributed by atoms with E-state index in [1.807, 2.05) is 38.1 Å². The highest BCUT2D eigenvalue weighted by Crippen LogP contribution is 2.39. The van der Waals surface area contributed by atoms with Crippen LogP contribution in [-0.4, -0.2) is 42.0 Å². The predicted octanol–water partition coefficient (Wildman–Crippen LogP) is 2.38. The van der Waals surface area contributed by atoms with Crippen molar-refractivity contribution >= 4 is 11.6 Å². The van der Waals surface area contributed by atoms with Gasteiger partial charge in [0.05, 0.1) is 25.4 Å². The lowest BCUT2D eigenvalue weighted by atomic mass is 9.92. The van der Waals surface area contributed by atoms with Crippen molar-refractivity contribution in [2.75, 3.05) is 25.6 Å². The lowest BCUT2D eigenvalue weighted by Crippen LogP contribution is -2.45. The summed E-state index contributed by atoms with van der Waals surface area (Å²) in [7, 11) is 1.63. The quantitative estimate of drug-likeness (QED) is 0.583. The number of phenolic OH excluding ortho intramolecular Hbond substituents is 1. The molecule has 28 heavy (non-hydrogen) atoms. The Kier molecular flexibility index (Phi) is 5.76. The minimum atomic E-state index is -0.482. The van der Waals surface area contributed by atoms with Crippen LogP contribution in [0.2, 0.25) is 0 Å². The minimum Gasteiger partial charge on any atom is -0.508 e. The number of hydrogen-bond acceptors (Lipinski definition) is 6. The second-order valence-electron chi connectivity index (χ2n) is 7.54. The molecule has 7 heteroatoms. The molecule has 0 radical (unpaired) electrons. The van der Waals surface area contributed by atoms with Crippen LogP contribution in [0.1, 0.15) is 31.0 Å². The Labute approximate surface area is 164 Å². The fourth-order valence-corrected chi connectivity index (χ4v) is 3.47. The summed E-state index contributed by atoms with van der Waals surface area (Å²) < 4.78 is 10.8. The van der Waals surface area contributed by atoms with Gasteiger partial charge in [-0.3, -0.25) is 4.79 Å². The highest BCUT2D eigenvalue weighted by Gasteiger charge is 2.29. The molecule has 2 aromatic carbocycles. The SMILES string of the molecule is COc1ccc(CC(C)(C)N[C@@H](CO)c2cc(O)cc3c2OCC(=O)N3)cc1. The average molecular weight is 386 g/mol. The Bertz CT molecular complexity index is 849. The van der Waals surface area contributed by atoms with Gasteiger partial charge in [-0.2, -0.15) is 0 Å². The number of carbonyl (C=O) groups is 1. The standard InChI is InChI=1S/C21H26N2O5/c1-21(2,10-13-4-6-15(27-3)7-5-13)23-18(11-24)16-8-14(25)9-17-20(16)28-12-19(26)22-17/h4-9,18,23-25H,10-12H2,1-3H3,(H,22,26)/t18-/m0/s1. The number of nitrogens with one attached hydrogen (secondary N) is 2. The number of amides is 1. The van der Waals surface area contributed by atoms with Crippen LogP contribution in [0.25, 0.3) is 0 Å². The second-order valence-corrected chi connectivity index (χ2v) is 7.54. The van der Waals surface area contributed by atoms with Crippen LogP contribution in [0.5, 0.6) is 17.2 Å². The van der Waals surface area contributed by atoms with E-state index >= 15 is 0 Å². The van der Waals surface area contributed by atoms with E-state index in [0.717, 1.165) is 11.3 Å². The van der Waals surface area contributed by atoms with Gasteiger partial charge in [0.15, 0.2) is 6.61 Å². The maximum atomic E-state index is 11.6. The largest absolute Gasteiger partial charge is 0.508 e. The summed E-state index contributed by atoms with van der Waals surface area (Å²) in [6, 6.07) is 10.3. The van der Waals surface area contributed by atoms with Gasteiger partial charge in [-0.15, -0.1) is 0 Å². The van der Waals surface area contributed by atoms with Crippen molar-refractivity contribution in [1.82, 2.24) is 5.32 Å². The molecule has 0 aliphatic carbocycles. The molecule has 1 atom stereocenters. The van der Waals surface area contributed by atoms with Crippen molar-refractivity contribution < 1.29 is 24.5 Å². The van der Waals surface area contributed by atoms with Crippen LogP contribution in [0.4, 0.5) is 5.69 Å². The first-order valence-electron chi connectivity index (χ1n) is 9.12. The van der Waals surface area contributed by atoms with Crippen molar-refractivity contribution in [3.05, 3.63) is 47.5 Å². The number of anilines is 1. The molecule has 3 rings (SSSR count). The molecule has 0 unspecified atom stereocenters. The average Bonchev–Trinajstić information content (AvgIpc) is 2.65. The van der Waals surface area contributed by atoms with Gasteiger partial charge in [0, 0.05) is 17.2 Å². The van der Waals surface area contributed by atoms with Crippen molar-refractivity contribution in [2.24, 2.45) is 0 Å². The molecule has 0 saturated heterocycles. The Morgan fingerprint density at radius 2 is 2.00 bits per heavy atom. The topological polar surface area (TPSA) is 100 Å². The maximum absolute atomic E-state index is 11.6. The van der Waals surface area contributed by atoms with E-state index < -0.39 is 6.04 Å². The number of ether oxygens (including phenoxy) is 2. The first-order valence-corrected chi connectivity index (χ1v) is 9.12. The molecule has 1 aliphatic heterocycles. The van der Waals surface area contributed by atoms with Crippen LogP contribution in [0.15, 0.2) is 36.4 Å². The monoisotopic (exact) mass is 386 g/mol. The van der Waals surface area contributed by atoms with Gasteiger partial charge >= 0.3 is 0 Å². The summed E-state index contributed by atoms with van der Waals surface area (Å²) in [5, 5.41) is 26.2. The van der Waals surface area contributed by atoms with Gasteiger partial charge in [-0.05, 0) is 44.0 Å². The van der Waals surface area contributed by atoms with Gasteiger partial charge < -0.3 is 30.3 Å². The third kappa shape index (κ3) is 4.55. The van der Waals surface area contributed by atoms with E-state index in [1.54, 1.807) is 13.2 Å². The fourth-order valence-electron chi connectivity index (χ4n) is 3.47. The van der Waals surface area contributed by atoms with Crippen LogP contribution >= 0.6 is 0 Å². The van der Waals surface area contributed by atoms with Gasteiger partial charge in [0.25, 0.3) is 5.91 Å². The molecular formula is C21H26N2O5. The first-order chi connectivity index (χ1) is 13.3. The lowest BCUT2D eigenvalue weighted by molar-refractivity contribution is -0.118. The zero-order valence-electron chi connectivity index (χ0n) is 16.3. The molecular weight excluding hydrogens is 360 g/mol. The molecule has 7 nitrogen and oxygen atoms in total. The van der Waals surface area contributed by atoms with Crippen LogP contribution in [0, 0.1) is 0 Å². The number of methoxy groups -OCH3 is 1. The highest BCUT2D eigenvalue weighted by atomic mass is 16.5. The summed E-state index contributed by atoms with van der Waals surface area (Å²) in [4.78, 5) is 11.6. The van der Waals surface area contributed by atoms with Gasteiger partial charge in [0.1, 0.15) is 17.2 Å². The predicted molar refractivity (Wildman–Crippen MR) is 106 cm³/mol. The number of carbonyl (C=O) groups excluding carboxylic acids is 1. The summed E-state index contributed by atoms with van der Waals surface area (Å²) in [6.07, 6.45) is 0.714. The smallest absolute Gasteiger partial charge is 0.262 e. The number of fused-ring (bicyclic) bond motifs is 1. The zero-order chi connectivity index (χ0) is 20.3. The first kappa shape index (κ1) is 20.0. The summed E-state index contributed by atoms with van der Waals surface area (Å²) in [5.41, 5.74) is 1.76. The molecule has 1 aliphatic rings. The molecule has 2 aromatic rings. The number of aliphatic hydroxyl groups is 1. The Morgan fingerprint density at radius 3 is 2.64 bits per heavy atom. The van der Waals surface area contributed by atoms with E-state index in [0.29, 0.717) is 23.4 Å². The van der Waals surface area contributed by atoms with Crippen molar-refractivity contribution in [3.63, 3.8) is 0 Å². The van der Waals surface area contributed by atoms with Gasteiger partial charge in [-0.25, -0.2) is 0 Å². The number of aromatic hydroxyl groups is 1. The molecule has 0 bridgehead atoms. The second kappa shape index (κ2) is 8.08. The molecule has 0 aromatic heterocycles. The van der Waals surface area contributed by atoms with E-state index in [9.17, 15) is 15.0 Å². The normalized spacial score (nSPS) is 14.6. The fraction of sp³-hybridized carbons (Fsp3) is 0.381. The number of aliphatic hydroxyl groups excluding tert-OH is 1. The third-order valence-corrected chi connectivity index (χ3v) is 4.65. The van der Waals surface area contributed by atoms with Gasteiger partial charge in [0.2, 0.25) is 0 Å². The highest BCUT2D eigenvalue weighted by molar-refractivity contribution is 5.96. The van der Waals surface area contributed by atoms with Crippen LogP contribution in [-0.2, 0) is 11.2 Å². The van der Waals surface area contributed by atoms with Gasteiger partial charge in [-0.1, -0.05) is 12.1 Å². The van der Waals surface area contributed by atoms with E-state index in [2.05, 4.69) is 10.6 Å². The molecule has 0 fully saturated rings. The number of rotatable bonds is 7. The lowest BCUT2D eigenvalue weighted by Gasteiger charge is -2.33. The number of benzene rings is 2. The van der Waals surface area contributed by atoms with Crippen molar-refractivity contribution in [3.8, 4) is 17.2 Å². The minimum absolute atomic E-state index is 0.00670. The number of phenols is 1. The molecule has 1 heterocycles. The summed E-state index contributed by atoms with van der Waals surface area (Å²) >= 11 is 0. The van der Waals surface area contributed by atoms with Crippen molar-refractivity contribution in [2.45, 2.75) is 31.8 Å². The Morgan fingerprint density at radius 1 is 1.29 bits per heavy atom. The Hall–Kier alpha value is -2.77. The van der Waals surface area contributed by atoms with Crippen LogP contribution in [0.3, 0.4) is 0 Å². The Balaban J connectivity index is 1.82. The van der Waals surface area contributed by atoms with E-state index in [-0.39, 0.29) is 30.4 Å².